The lowest BCUT2D eigenvalue weighted by molar-refractivity contribution is -0.143. The van der Waals surface area contributed by atoms with Crippen LogP contribution < -0.4 is 14.8 Å². The van der Waals surface area contributed by atoms with Crippen LogP contribution in [-0.2, 0) is 22.6 Å². The van der Waals surface area contributed by atoms with E-state index in [2.05, 4.69) is 15.2 Å². The number of piperidine rings is 1. The molecular formula is C38H37Cl2N5O5S. The van der Waals surface area contributed by atoms with Crippen LogP contribution in [0.3, 0.4) is 0 Å². The van der Waals surface area contributed by atoms with Crippen LogP contribution in [-0.4, -0.2) is 63.1 Å². The normalized spacial score (nSPS) is 16.8. The third kappa shape index (κ3) is 7.82. The number of nitrogens with zero attached hydrogens (tertiary/aromatic N) is 4. The van der Waals surface area contributed by atoms with E-state index in [0.29, 0.717) is 70.1 Å². The fraction of sp³-hybridized carbons (Fsp3) is 0.342. The first-order chi connectivity index (χ1) is 24.8. The largest absolute Gasteiger partial charge is 0.481 e. The number of ether oxygens (including phenoxy) is 2. The fourth-order valence-electron chi connectivity index (χ4n) is 6.81. The second kappa shape index (κ2) is 15.5. The Morgan fingerprint density at radius 2 is 1.75 bits per heavy atom. The minimum Gasteiger partial charge on any atom is -0.481 e. The van der Waals surface area contributed by atoms with E-state index in [1.807, 2.05) is 48.5 Å². The van der Waals surface area contributed by atoms with Gasteiger partial charge in [-0.25, -0.2) is 15.0 Å². The summed E-state index contributed by atoms with van der Waals surface area (Å²) in [6.07, 6.45) is 7.08. The molecule has 264 valence electrons. The summed E-state index contributed by atoms with van der Waals surface area (Å²) in [7, 11) is 1.62. The lowest BCUT2D eigenvalue weighted by atomic mass is 9.97. The smallest absolute Gasteiger partial charge is 0.306 e. The number of rotatable bonds is 12. The van der Waals surface area contributed by atoms with Crippen molar-refractivity contribution in [2.45, 2.75) is 57.5 Å². The van der Waals surface area contributed by atoms with Crippen molar-refractivity contribution in [3.8, 4) is 39.9 Å². The predicted molar refractivity (Wildman–Crippen MR) is 199 cm³/mol. The summed E-state index contributed by atoms with van der Waals surface area (Å²) in [5.41, 5.74) is 4.48. The molecule has 2 fully saturated rings. The summed E-state index contributed by atoms with van der Waals surface area (Å²) in [4.78, 5) is 39.3. The van der Waals surface area contributed by atoms with E-state index in [0.717, 1.165) is 65.2 Å². The molecule has 1 amide bonds. The summed E-state index contributed by atoms with van der Waals surface area (Å²) < 4.78 is 12.9. The summed E-state index contributed by atoms with van der Waals surface area (Å²) in [6, 6.07) is 17.4. The summed E-state index contributed by atoms with van der Waals surface area (Å²) in [5.74, 6) is 0.453. The van der Waals surface area contributed by atoms with Gasteiger partial charge in [0.2, 0.25) is 17.7 Å². The number of aryl methyl sites for hydroxylation is 1. The Balaban J connectivity index is 1.09. The number of fused-ring (bicyclic) bond motifs is 1. The van der Waals surface area contributed by atoms with Crippen LogP contribution in [0, 0.1) is 5.92 Å². The van der Waals surface area contributed by atoms with Gasteiger partial charge in [0.25, 0.3) is 0 Å². The highest BCUT2D eigenvalue weighted by Crippen LogP contribution is 2.43. The van der Waals surface area contributed by atoms with Gasteiger partial charge in [0.05, 0.1) is 40.0 Å². The molecule has 1 atom stereocenters. The number of carboxylic acid groups (broad SMARTS) is 1. The van der Waals surface area contributed by atoms with E-state index in [9.17, 15) is 14.7 Å². The molecule has 0 aliphatic carbocycles. The fourth-order valence-corrected chi connectivity index (χ4v) is 8.40. The molecule has 2 aliphatic heterocycles. The maximum Gasteiger partial charge on any atom is 0.306 e. The maximum atomic E-state index is 11.5. The summed E-state index contributed by atoms with van der Waals surface area (Å²) >= 11 is 15.7. The third-order valence-electron chi connectivity index (χ3n) is 9.56. The maximum absolute atomic E-state index is 11.5. The molecule has 5 aromatic rings. The molecule has 10 nitrogen and oxygen atoms in total. The Morgan fingerprint density at radius 3 is 2.49 bits per heavy atom. The highest BCUT2D eigenvalue weighted by atomic mass is 35.5. The minimum absolute atomic E-state index is 0.132. The van der Waals surface area contributed by atoms with E-state index in [-0.39, 0.29) is 17.9 Å². The zero-order valence-corrected chi connectivity index (χ0v) is 30.4. The molecular weight excluding hydrogens is 709 g/mol. The third-order valence-corrected chi connectivity index (χ3v) is 11.4. The lowest BCUT2D eigenvalue weighted by Crippen LogP contribution is -2.35. The second-order valence-corrected chi connectivity index (χ2v) is 14.8. The van der Waals surface area contributed by atoms with Crippen LogP contribution in [0.5, 0.6) is 17.5 Å². The minimum atomic E-state index is -0.719. The SMILES string of the molecule is COc1nc(-c2cccc(-c3cccc(Oc4nccc5sc(CN6CCC(C(=O)O)CC6)nc45)c3Cl)c2Cl)ccc1CCC[C@@H]1CCC(=O)N1. The van der Waals surface area contributed by atoms with Crippen molar-refractivity contribution in [2.75, 3.05) is 20.2 Å². The van der Waals surface area contributed by atoms with Crippen molar-refractivity contribution in [1.29, 1.82) is 0 Å². The first kappa shape index (κ1) is 35.1. The van der Waals surface area contributed by atoms with Gasteiger partial charge in [0.1, 0.15) is 16.3 Å². The van der Waals surface area contributed by atoms with Crippen LogP contribution in [0.2, 0.25) is 10.0 Å². The lowest BCUT2D eigenvalue weighted by Gasteiger charge is -2.29. The number of pyridine rings is 2. The molecule has 13 heteroatoms. The number of nitrogens with one attached hydrogen (secondary N) is 1. The molecule has 0 bridgehead atoms. The number of methoxy groups -OCH3 is 1. The van der Waals surface area contributed by atoms with E-state index >= 15 is 0 Å². The van der Waals surface area contributed by atoms with Gasteiger partial charge in [-0.15, -0.1) is 11.3 Å². The monoisotopic (exact) mass is 745 g/mol. The van der Waals surface area contributed by atoms with Gasteiger partial charge in [0.15, 0.2) is 0 Å². The molecule has 2 saturated heterocycles. The number of hydrogen-bond acceptors (Lipinski definition) is 9. The van der Waals surface area contributed by atoms with Crippen molar-refractivity contribution in [3.63, 3.8) is 0 Å². The number of amides is 1. The number of thiazole rings is 1. The number of carboxylic acids is 1. The Labute approximate surface area is 309 Å². The number of aromatic nitrogens is 3. The van der Waals surface area contributed by atoms with Crippen molar-refractivity contribution in [3.05, 3.63) is 81.4 Å². The van der Waals surface area contributed by atoms with Gasteiger partial charge in [0, 0.05) is 40.9 Å². The van der Waals surface area contributed by atoms with Crippen molar-refractivity contribution < 1.29 is 24.2 Å². The quantitative estimate of drug-likeness (QED) is 0.129. The number of aliphatic carboxylic acids is 1. The molecule has 0 saturated carbocycles. The average Bonchev–Trinajstić information content (AvgIpc) is 3.75. The van der Waals surface area contributed by atoms with Crippen LogP contribution in [0.15, 0.2) is 60.8 Å². The number of likely N-dealkylation sites (tertiary alicyclic amines) is 1. The summed E-state index contributed by atoms with van der Waals surface area (Å²) in [6.45, 7) is 2.08. The standard InChI is InChI=1S/C38H37Cl2N5O5S/c1-49-36-22(5-2-6-24-12-14-31(46)42-24)11-13-28(43-36)27-9-3-7-25(33(27)39)26-8-4-10-29(34(26)40)50-37-35-30(15-18-41-37)51-32(44-35)21-45-19-16-23(17-20-45)38(47)48/h3-4,7-11,13,15,18,23-24H,2,5-6,12,14,16-17,19-21H2,1H3,(H,42,46)(H,47,48)/t24-/m1/s1. The molecule has 2 aromatic carbocycles. The van der Waals surface area contributed by atoms with Gasteiger partial charge in [-0.2, -0.15) is 0 Å². The number of benzene rings is 2. The number of halogens is 2. The molecule has 0 radical (unpaired) electrons. The number of carbonyl (C=O) groups is 2. The predicted octanol–water partition coefficient (Wildman–Crippen LogP) is 8.43. The van der Waals surface area contributed by atoms with Crippen LogP contribution >= 0.6 is 34.5 Å². The highest BCUT2D eigenvalue weighted by Gasteiger charge is 2.26. The molecule has 51 heavy (non-hydrogen) atoms. The van der Waals surface area contributed by atoms with Crippen molar-refractivity contribution in [1.82, 2.24) is 25.2 Å². The van der Waals surface area contributed by atoms with Crippen molar-refractivity contribution in [2.24, 2.45) is 5.92 Å². The van der Waals surface area contributed by atoms with E-state index in [1.165, 1.54) is 0 Å². The van der Waals surface area contributed by atoms with E-state index in [4.69, 9.17) is 42.6 Å². The first-order valence-corrected chi connectivity index (χ1v) is 18.6. The zero-order chi connectivity index (χ0) is 35.5. The Bertz CT molecular complexity index is 2080. The molecule has 2 aliphatic rings. The van der Waals surface area contributed by atoms with Gasteiger partial charge in [-0.1, -0.05) is 59.6 Å². The van der Waals surface area contributed by atoms with Crippen LogP contribution in [0.1, 0.15) is 49.1 Å². The Hall–Kier alpha value is -4.29. The van der Waals surface area contributed by atoms with Crippen LogP contribution in [0.25, 0.3) is 32.6 Å². The van der Waals surface area contributed by atoms with Gasteiger partial charge < -0.3 is 19.9 Å². The van der Waals surface area contributed by atoms with Gasteiger partial charge >= 0.3 is 5.97 Å². The van der Waals surface area contributed by atoms with E-state index < -0.39 is 5.97 Å². The van der Waals surface area contributed by atoms with E-state index in [1.54, 1.807) is 30.7 Å². The molecule has 2 N–H and O–H groups in total. The molecule has 7 rings (SSSR count). The highest BCUT2D eigenvalue weighted by molar-refractivity contribution is 7.18. The van der Waals surface area contributed by atoms with Crippen LogP contribution in [0.4, 0.5) is 0 Å². The molecule has 0 spiro atoms. The zero-order valence-electron chi connectivity index (χ0n) is 28.0. The first-order valence-electron chi connectivity index (χ1n) is 17.1. The Morgan fingerprint density at radius 1 is 0.980 bits per heavy atom. The molecule has 5 heterocycles. The average molecular weight is 747 g/mol. The molecule has 3 aromatic heterocycles. The topological polar surface area (TPSA) is 127 Å². The molecule has 0 unspecified atom stereocenters. The number of carbonyl (C=O) groups excluding carboxylic acids is 1. The van der Waals surface area contributed by atoms with Gasteiger partial charge in [-0.3, -0.25) is 14.5 Å². The second-order valence-electron chi connectivity index (χ2n) is 12.9. The number of hydrogen-bond donors (Lipinski definition) is 2. The van der Waals surface area contributed by atoms with Gasteiger partial charge in [-0.05, 0) is 69.8 Å². The van der Waals surface area contributed by atoms with Crippen molar-refractivity contribution >= 4 is 56.6 Å². The Kier molecular flexibility index (Phi) is 10.7. The summed E-state index contributed by atoms with van der Waals surface area (Å²) in [5, 5.41) is 14.2.